The van der Waals surface area contributed by atoms with E-state index in [2.05, 4.69) is 20.6 Å². The summed E-state index contributed by atoms with van der Waals surface area (Å²) < 4.78 is 46.5. The minimum Gasteiger partial charge on any atom is -0.497 e. The third-order valence-corrected chi connectivity index (χ3v) is 9.98. The molecule has 57 heavy (non-hydrogen) atoms. The van der Waals surface area contributed by atoms with Crippen molar-refractivity contribution in [2.75, 3.05) is 17.7 Å². The van der Waals surface area contributed by atoms with Crippen LogP contribution in [0.2, 0.25) is 5.02 Å². The van der Waals surface area contributed by atoms with Gasteiger partial charge in [0.25, 0.3) is 0 Å². The second-order valence-electron chi connectivity index (χ2n) is 13.8. The Hall–Kier alpha value is -6.40. The predicted molar refractivity (Wildman–Crippen MR) is 213 cm³/mol. The summed E-state index contributed by atoms with van der Waals surface area (Å²) in [4.78, 5) is 31.8. The van der Waals surface area contributed by atoms with Gasteiger partial charge in [-0.1, -0.05) is 54.1 Å². The maximum Gasteiger partial charge on any atom is 0.418 e. The number of carbonyl (C=O) groups is 2. The fourth-order valence-corrected chi connectivity index (χ4v) is 6.63. The van der Waals surface area contributed by atoms with Gasteiger partial charge in [-0.3, -0.25) is 9.97 Å². The van der Waals surface area contributed by atoms with Crippen molar-refractivity contribution in [3.63, 3.8) is 0 Å². The Morgan fingerprint density at radius 1 is 0.719 bits per heavy atom. The van der Waals surface area contributed by atoms with Gasteiger partial charge in [-0.25, -0.2) is 9.59 Å². The molecule has 4 N–H and O–H groups in total. The zero-order chi connectivity index (χ0) is 40.3. The number of aromatic nitrogens is 2. The van der Waals surface area contributed by atoms with Crippen LogP contribution in [0.4, 0.5) is 35.9 Å². The number of hydrogen-bond donors (Lipinski definition) is 4. The number of ether oxygens (including phenoxy) is 1. The molecule has 0 amide bonds. The average molecular weight is 793 g/mol. The number of nitrogens with zero attached hydrogens (tertiary/aromatic N) is 2. The predicted octanol–water partition coefficient (Wildman–Crippen LogP) is 11.8. The molecule has 0 aliphatic heterocycles. The molecule has 13 heteroatoms. The van der Waals surface area contributed by atoms with Gasteiger partial charge in [0.15, 0.2) is 0 Å². The lowest BCUT2D eigenvalue weighted by molar-refractivity contribution is -0.137. The Bertz CT molecular complexity index is 2450. The van der Waals surface area contributed by atoms with Crippen LogP contribution in [0.1, 0.15) is 74.9 Å². The van der Waals surface area contributed by atoms with Crippen molar-refractivity contribution in [2.24, 2.45) is 0 Å². The zero-order valence-corrected chi connectivity index (χ0v) is 31.2. The van der Waals surface area contributed by atoms with E-state index < -0.39 is 23.7 Å². The Morgan fingerprint density at radius 2 is 1.32 bits per heavy atom. The maximum absolute atomic E-state index is 13.8. The summed E-state index contributed by atoms with van der Waals surface area (Å²) >= 11 is 6.21. The molecule has 2 heterocycles. The second-order valence-corrected chi connectivity index (χ2v) is 14.2. The topological polar surface area (TPSA) is 134 Å². The SMILES string of the molecule is COc1cccc(-c2ncc(Nc3ccc(C4CC4)cc3C(=O)O)cc2C(F)(F)F)c1.O=C(O)c1cc(C2CC2)ccc1Nc1ccc(-c2ccccc2Cl)nc1. The normalized spacial score (nSPS) is 13.6. The molecule has 2 aliphatic rings. The molecule has 8 rings (SSSR count). The number of hydrogen-bond acceptors (Lipinski definition) is 7. The lowest BCUT2D eigenvalue weighted by Crippen LogP contribution is -2.10. The number of rotatable bonds is 11. The molecule has 2 saturated carbocycles. The minimum atomic E-state index is -4.66. The third-order valence-electron chi connectivity index (χ3n) is 9.65. The molecule has 0 radical (unpaired) electrons. The Labute approximate surface area is 331 Å². The summed E-state index contributed by atoms with van der Waals surface area (Å²) in [6.07, 6.45) is 2.57. The van der Waals surface area contributed by atoms with E-state index in [0.29, 0.717) is 28.3 Å². The molecule has 0 unspecified atom stereocenters. The van der Waals surface area contributed by atoms with Gasteiger partial charge < -0.3 is 25.6 Å². The summed E-state index contributed by atoms with van der Waals surface area (Å²) in [5.41, 5.74) is 4.57. The largest absolute Gasteiger partial charge is 0.497 e. The third kappa shape index (κ3) is 9.36. The van der Waals surface area contributed by atoms with Gasteiger partial charge in [-0.15, -0.1) is 0 Å². The van der Waals surface area contributed by atoms with Gasteiger partial charge in [-0.2, -0.15) is 13.2 Å². The first-order valence-corrected chi connectivity index (χ1v) is 18.5. The fraction of sp³-hybridized carbons (Fsp3) is 0.182. The number of anilines is 4. The van der Waals surface area contributed by atoms with Gasteiger partial charge in [0.2, 0.25) is 0 Å². The van der Waals surface area contributed by atoms with Crippen LogP contribution < -0.4 is 15.4 Å². The van der Waals surface area contributed by atoms with Crippen molar-refractivity contribution in [1.82, 2.24) is 9.97 Å². The molecule has 2 aliphatic carbocycles. The highest BCUT2D eigenvalue weighted by molar-refractivity contribution is 6.33. The summed E-state index contributed by atoms with van der Waals surface area (Å²) in [7, 11) is 1.43. The van der Waals surface area contributed by atoms with E-state index in [1.54, 1.807) is 42.6 Å². The van der Waals surface area contributed by atoms with E-state index in [0.717, 1.165) is 59.8 Å². The molecule has 0 bridgehead atoms. The van der Waals surface area contributed by atoms with Crippen LogP contribution in [0, 0.1) is 0 Å². The van der Waals surface area contributed by atoms with E-state index in [1.807, 2.05) is 48.5 Å². The zero-order valence-electron chi connectivity index (χ0n) is 30.5. The highest BCUT2D eigenvalue weighted by Crippen LogP contribution is 2.43. The molecule has 290 valence electrons. The number of benzene rings is 4. The van der Waals surface area contributed by atoms with Crippen LogP contribution in [0.25, 0.3) is 22.5 Å². The van der Waals surface area contributed by atoms with Crippen molar-refractivity contribution in [3.05, 3.63) is 148 Å². The standard InChI is InChI=1S/C23H19F3N2O3.C21H17ClN2O2/c1-31-17-4-2-3-15(9-17)21-19(23(24,25)26)11-16(12-27-21)28-20-8-7-14(13-5-6-13)10-18(20)22(29)30;22-18-4-2-1-3-16(18)19-10-8-15(12-23-19)24-20-9-7-14(13-5-6-13)11-17(20)21(25)26/h2-4,7-13,28H,5-6H2,1H3,(H,29,30);1-4,7-13,24H,5-6H2,(H,25,26). The number of carboxylic acid groups (broad SMARTS) is 2. The van der Waals surface area contributed by atoms with Crippen LogP contribution in [0.15, 0.2) is 116 Å². The summed E-state index contributed by atoms with van der Waals surface area (Å²) in [6, 6.07) is 29.0. The van der Waals surface area contributed by atoms with Crippen LogP contribution >= 0.6 is 11.6 Å². The fourth-order valence-electron chi connectivity index (χ4n) is 6.39. The van der Waals surface area contributed by atoms with Crippen molar-refractivity contribution in [3.8, 4) is 28.3 Å². The van der Waals surface area contributed by atoms with E-state index in [-0.39, 0.29) is 33.8 Å². The van der Waals surface area contributed by atoms with Crippen molar-refractivity contribution >= 4 is 46.3 Å². The molecular formula is C44H36ClF3N4O5. The number of alkyl halides is 3. The first-order chi connectivity index (χ1) is 27.4. The molecule has 0 spiro atoms. The lowest BCUT2D eigenvalue weighted by atomic mass is 10.0. The van der Waals surface area contributed by atoms with E-state index in [1.165, 1.54) is 25.4 Å². The van der Waals surface area contributed by atoms with Gasteiger partial charge >= 0.3 is 18.1 Å². The quantitative estimate of drug-likeness (QED) is 0.101. The van der Waals surface area contributed by atoms with Gasteiger partial charge in [0, 0.05) is 16.1 Å². The first-order valence-electron chi connectivity index (χ1n) is 18.1. The average Bonchev–Trinajstić information content (AvgIpc) is 4.14. The molecule has 2 aromatic heterocycles. The van der Waals surface area contributed by atoms with Gasteiger partial charge in [0.05, 0.1) is 70.3 Å². The summed E-state index contributed by atoms with van der Waals surface area (Å²) in [6.45, 7) is 0. The number of halogens is 4. The number of carboxylic acids is 2. The highest BCUT2D eigenvalue weighted by atomic mass is 35.5. The number of nitrogens with one attached hydrogen (secondary N) is 2. The van der Waals surface area contributed by atoms with Gasteiger partial charge in [0.1, 0.15) is 5.75 Å². The van der Waals surface area contributed by atoms with Crippen LogP contribution in [-0.2, 0) is 6.18 Å². The molecule has 0 atom stereocenters. The van der Waals surface area contributed by atoms with Crippen LogP contribution in [0.3, 0.4) is 0 Å². The van der Waals surface area contributed by atoms with E-state index in [4.69, 9.17) is 16.3 Å². The summed E-state index contributed by atoms with van der Waals surface area (Å²) in [5.74, 6) is -0.805. The minimum absolute atomic E-state index is 0.00910. The number of pyridine rings is 2. The lowest BCUT2D eigenvalue weighted by Gasteiger charge is -2.16. The van der Waals surface area contributed by atoms with Crippen LogP contribution in [0.5, 0.6) is 5.75 Å². The summed E-state index contributed by atoms with van der Waals surface area (Å²) in [5, 5.41) is 25.7. The Kier molecular flexibility index (Phi) is 11.2. The van der Waals surface area contributed by atoms with Crippen molar-refractivity contribution < 1.29 is 37.7 Å². The molecule has 6 aromatic rings. The van der Waals surface area contributed by atoms with Gasteiger partial charge in [-0.05, 0) is 109 Å². The Balaban J connectivity index is 0.000000177. The molecule has 2 fully saturated rings. The molecular weight excluding hydrogens is 757 g/mol. The number of aromatic carboxylic acids is 2. The molecule has 0 saturated heterocycles. The van der Waals surface area contributed by atoms with E-state index in [9.17, 15) is 33.0 Å². The number of methoxy groups -OCH3 is 1. The maximum atomic E-state index is 13.8. The highest BCUT2D eigenvalue weighted by Gasteiger charge is 2.35. The second kappa shape index (κ2) is 16.4. The molecule has 9 nitrogen and oxygen atoms in total. The molecule has 4 aromatic carbocycles. The van der Waals surface area contributed by atoms with Crippen molar-refractivity contribution in [1.29, 1.82) is 0 Å². The van der Waals surface area contributed by atoms with E-state index >= 15 is 0 Å². The monoisotopic (exact) mass is 792 g/mol. The van der Waals surface area contributed by atoms with Crippen molar-refractivity contribution in [2.45, 2.75) is 43.7 Å². The smallest absolute Gasteiger partial charge is 0.418 e. The van der Waals surface area contributed by atoms with Crippen LogP contribution in [-0.4, -0.2) is 39.2 Å². The Morgan fingerprint density at radius 3 is 1.84 bits per heavy atom. The first kappa shape index (κ1) is 38.9.